The Kier molecular flexibility index (Phi) is 11.0. The van der Waals surface area contributed by atoms with E-state index in [4.69, 9.17) is 0 Å². The van der Waals surface area contributed by atoms with Crippen molar-refractivity contribution in [3.8, 4) is 0 Å². The van der Waals surface area contributed by atoms with E-state index in [1.807, 2.05) is 0 Å². The van der Waals surface area contributed by atoms with Crippen molar-refractivity contribution in [1.82, 2.24) is 0 Å². The van der Waals surface area contributed by atoms with Crippen LogP contribution in [0, 0.1) is 0 Å². The second kappa shape index (κ2) is 12.4. The van der Waals surface area contributed by atoms with Crippen molar-refractivity contribution in [2.45, 2.75) is 23.8 Å². The van der Waals surface area contributed by atoms with Gasteiger partial charge in [-0.3, -0.25) is 18.6 Å². The van der Waals surface area contributed by atoms with E-state index >= 15 is 0 Å². The summed E-state index contributed by atoms with van der Waals surface area (Å²) in [5.74, 6) is -0.459. The summed E-state index contributed by atoms with van der Waals surface area (Å²) in [6, 6.07) is 0. The Balaban J connectivity index is 0.000000187. The van der Waals surface area contributed by atoms with Gasteiger partial charge in [-0.15, -0.1) is 0 Å². The fraction of sp³-hybridized carbons (Fsp3) is 0.538. The number of rotatable bonds is 0. The van der Waals surface area contributed by atoms with Gasteiger partial charge < -0.3 is 9.47 Å². The lowest BCUT2D eigenvalue weighted by molar-refractivity contribution is -0.151. The largest absolute Gasteiger partial charge is 0.453 e. The van der Waals surface area contributed by atoms with Gasteiger partial charge in [-0.25, -0.2) is 13.6 Å². The summed E-state index contributed by atoms with van der Waals surface area (Å²) < 4.78 is 56.3. The summed E-state index contributed by atoms with van der Waals surface area (Å²) >= 11 is 2.42. The second-order valence-corrected chi connectivity index (χ2v) is 9.62. The quantitative estimate of drug-likeness (QED) is 0.287. The van der Waals surface area contributed by atoms with Crippen LogP contribution in [0.4, 0.5) is 18.4 Å². The summed E-state index contributed by atoms with van der Waals surface area (Å²) in [5.41, 5.74) is -2.08. The van der Waals surface area contributed by atoms with Crippen LogP contribution in [0.15, 0.2) is 11.5 Å². The normalized spacial score (nSPS) is 26.9. The fourth-order valence-electron chi connectivity index (χ4n) is 1.38. The number of halogens is 2. The van der Waals surface area contributed by atoms with Crippen LogP contribution in [0.2, 0.25) is 0 Å². The summed E-state index contributed by atoms with van der Waals surface area (Å²) in [7, 11) is -3.23. The Hall–Kier alpha value is -1.16. The maximum atomic E-state index is 11.9. The molecule has 4 rings (SSSR count). The van der Waals surface area contributed by atoms with E-state index in [1.54, 1.807) is 0 Å². The molecule has 15 heteroatoms. The minimum atomic E-state index is -3.23. The van der Waals surface area contributed by atoms with E-state index in [0.717, 1.165) is 28.9 Å². The predicted molar refractivity (Wildman–Crippen MR) is 98.5 cm³/mol. The molecule has 0 aliphatic carbocycles. The van der Waals surface area contributed by atoms with Crippen molar-refractivity contribution >= 4 is 67.1 Å². The molecule has 2 atom stereocenters. The van der Waals surface area contributed by atoms with Crippen molar-refractivity contribution in [2.24, 2.45) is 0 Å². The Bertz CT molecular complexity index is 688. The molecule has 0 amide bonds. The minimum absolute atomic E-state index is 0.0799. The molecule has 0 N–H and O–H groups in total. The van der Waals surface area contributed by atoms with Gasteiger partial charge in [0.05, 0.1) is 24.9 Å². The highest BCUT2D eigenvalue weighted by Crippen LogP contribution is 2.32. The first kappa shape index (κ1) is 24.9. The summed E-state index contributed by atoms with van der Waals surface area (Å²) in [6.07, 6.45) is 1.98. The summed E-state index contributed by atoms with van der Waals surface area (Å²) in [6.45, 7) is 0.117. The lowest BCUT2D eigenvalue weighted by Gasteiger charge is -1.83. The molecule has 0 aromatic rings. The van der Waals surface area contributed by atoms with Gasteiger partial charge in [-0.1, -0.05) is 11.8 Å². The Labute approximate surface area is 171 Å². The zero-order chi connectivity index (χ0) is 21.2. The smallest absolute Gasteiger partial charge is 0.370 e. The summed E-state index contributed by atoms with van der Waals surface area (Å²) in [5, 5.41) is 0.542. The molecule has 3 fully saturated rings. The molecule has 0 bridgehead atoms. The van der Waals surface area contributed by atoms with Crippen LogP contribution >= 0.6 is 35.3 Å². The highest BCUT2D eigenvalue weighted by molar-refractivity contribution is 8.41. The number of carbonyl (C=O) groups excluding carboxylic acids is 4. The highest BCUT2D eigenvalue weighted by Gasteiger charge is 2.23. The van der Waals surface area contributed by atoms with E-state index in [-0.39, 0.29) is 30.5 Å². The zero-order valence-electron chi connectivity index (χ0n) is 13.9. The Morgan fingerprint density at radius 3 is 1.79 bits per heavy atom. The number of thioether (sulfide) groups is 3. The maximum Gasteiger partial charge on any atom is 0.370 e. The molecular weight excluding hydrogens is 466 g/mol. The van der Waals surface area contributed by atoms with Crippen LogP contribution in [-0.4, -0.2) is 60.1 Å². The molecule has 3 saturated heterocycles. The van der Waals surface area contributed by atoms with Crippen LogP contribution < -0.4 is 0 Å². The third-order valence-corrected chi connectivity index (χ3v) is 6.32. The fourth-order valence-corrected chi connectivity index (χ4v) is 4.26. The molecule has 0 aromatic carbocycles. The van der Waals surface area contributed by atoms with Gasteiger partial charge in [0.15, 0.2) is 11.0 Å². The Morgan fingerprint density at radius 1 is 1.00 bits per heavy atom. The molecular formula is C13H14F2O9S4. The van der Waals surface area contributed by atoms with Gasteiger partial charge in [-0.05, 0) is 29.6 Å². The minimum Gasteiger partial charge on any atom is -0.453 e. The van der Waals surface area contributed by atoms with Gasteiger partial charge in [-0.2, -0.15) is 8.42 Å². The zero-order valence-corrected chi connectivity index (χ0v) is 17.2. The van der Waals surface area contributed by atoms with Crippen LogP contribution in [0.3, 0.4) is 0 Å². The predicted octanol–water partition coefficient (Wildman–Crippen LogP) is 2.76. The number of hydrogen-bond donors (Lipinski definition) is 0. The number of carbonyl (C=O) groups is 4. The average Bonchev–Trinajstić information content (AvgIpc) is 3.36. The third kappa shape index (κ3) is 11.6. The number of alkyl halides is 2. The Morgan fingerprint density at radius 2 is 1.64 bits per heavy atom. The molecule has 9 nitrogen and oxygen atoms in total. The molecule has 4 heterocycles. The van der Waals surface area contributed by atoms with Crippen molar-refractivity contribution < 1.29 is 50.0 Å². The van der Waals surface area contributed by atoms with Gasteiger partial charge in [0.1, 0.15) is 6.61 Å². The molecule has 4 aliphatic rings. The van der Waals surface area contributed by atoms with Crippen molar-refractivity contribution in [3.05, 3.63) is 11.5 Å². The SMILES string of the molecule is O=C1CCC(=O)O1.O=C1OCC(F)S1.O=C1SCC(F)S1.O=S1(=O)C=CCO1. The topological polar surface area (TPSA) is 130 Å². The molecule has 2 unspecified atom stereocenters. The molecule has 158 valence electrons. The van der Waals surface area contributed by atoms with Crippen molar-refractivity contribution in [1.29, 1.82) is 0 Å². The van der Waals surface area contributed by atoms with Gasteiger partial charge in [0.25, 0.3) is 10.1 Å². The lowest BCUT2D eigenvalue weighted by Crippen LogP contribution is -1.94. The number of hydrogen-bond acceptors (Lipinski definition) is 12. The second-order valence-electron chi connectivity index (χ2n) is 4.67. The molecule has 0 spiro atoms. The van der Waals surface area contributed by atoms with Crippen LogP contribution in [-0.2, 0) is 33.4 Å². The van der Waals surface area contributed by atoms with E-state index < -0.39 is 38.4 Å². The summed E-state index contributed by atoms with van der Waals surface area (Å²) in [4.78, 5) is 40.1. The first-order chi connectivity index (χ1) is 13.1. The van der Waals surface area contributed by atoms with Crippen molar-refractivity contribution in [2.75, 3.05) is 19.0 Å². The van der Waals surface area contributed by atoms with E-state index in [9.17, 15) is 36.4 Å². The average molecular weight is 481 g/mol. The van der Waals surface area contributed by atoms with Crippen LogP contribution in [0.5, 0.6) is 0 Å². The highest BCUT2D eigenvalue weighted by atomic mass is 32.2. The van der Waals surface area contributed by atoms with Gasteiger partial charge in [0.2, 0.25) is 4.45 Å². The maximum absolute atomic E-state index is 11.9. The first-order valence-electron chi connectivity index (χ1n) is 7.32. The number of cyclic esters (lactones) is 3. The first-order valence-corrected chi connectivity index (χ1v) is 11.5. The number of ether oxygens (including phenoxy) is 2. The number of esters is 2. The molecule has 4 aliphatic heterocycles. The van der Waals surface area contributed by atoms with Crippen molar-refractivity contribution in [3.63, 3.8) is 0 Å². The van der Waals surface area contributed by atoms with E-state index in [1.165, 1.54) is 6.08 Å². The van der Waals surface area contributed by atoms with E-state index in [0.29, 0.717) is 17.5 Å². The van der Waals surface area contributed by atoms with Gasteiger partial charge in [0, 0.05) is 5.75 Å². The molecule has 0 radical (unpaired) electrons. The standard InChI is InChI=1S/C4H4O3.C3H3FO2S.C3H3FOS2.C3H4O3S/c5-3-1-2-4(6)7-3;2*4-2-1-6-3(5)7-2;4-7(5)3-1-2-6-7/h1-2H2;2*2H,1H2;1,3H,2H2. The molecule has 0 aromatic heterocycles. The van der Waals surface area contributed by atoms with E-state index in [2.05, 4.69) is 13.7 Å². The monoisotopic (exact) mass is 480 g/mol. The third-order valence-electron chi connectivity index (χ3n) is 2.46. The molecule has 0 saturated carbocycles. The molecule has 28 heavy (non-hydrogen) atoms. The lowest BCUT2D eigenvalue weighted by atomic mass is 10.4. The van der Waals surface area contributed by atoms with Gasteiger partial charge >= 0.3 is 17.2 Å². The van der Waals surface area contributed by atoms with Crippen LogP contribution in [0.25, 0.3) is 0 Å². The van der Waals surface area contributed by atoms with Crippen LogP contribution in [0.1, 0.15) is 12.8 Å².